The van der Waals surface area contributed by atoms with Crippen molar-refractivity contribution < 1.29 is 13.9 Å². The van der Waals surface area contributed by atoms with Gasteiger partial charge in [0.05, 0.1) is 12.3 Å². The Labute approximate surface area is 128 Å². The van der Waals surface area contributed by atoms with Crippen molar-refractivity contribution in [2.75, 3.05) is 12.3 Å². The van der Waals surface area contributed by atoms with Gasteiger partial charge >= 0.3 is 0 Å². The number of anilines is 1. The number of aryl methyl sites for hydroxylation is 1. The van der Waals surface area contributed by atoms with Crippen molar-refractivity contribution in [2.24, 2.45) is 0 Å². The molecule has 0 aliphatic rings. The first-order valence-electron chi connectivity index (χ1n) is 6.67. The van der Waals surface area contributed by atoms with Gasteiger partial charge in [0.15, 0.2) is 17.3 Å². The Hall–Kier alpha value is -1.94. The maximum Gasteiger partial charge on any atom is 0.167 e. The summed E-state index contributed by atoms with van der Waals surface area (Å²) in [5.41, 5.74) is 6.89. The number of nitrogen functional groups attached to an aromatic ring is 1. The van der Waals surface area contributed by atoms with Crippen molar-refractivity contribution in [1.82, 2.24) is 0 Å². The maximum atomic E-state index is 13.7. The van der Waals surface area contributed by atoms with Gasteiger partial charge in [0.1, 0.15) is 5.75 Å². The number of nitrogens with two attached hydrogens (primary N) is 1. The Kier molecular flexibility index (Phi) is 4.91. The van der Waals surface area contributed by atoms with Crippen molar-refractivity contribution in [3.05, 3.63) is 46.7 Å². The molecule has 0 bridgehead atoms. The monoisotopic (exact) mass is 309 g/mol. The van der Waals surface area contributed by atoms with Crippen LogP contribution in [-0.2, 0) is 0 Å². The molecule has 0 unspecified atom stereocenters. The van der Waals surface area contributed by atoms with Gasteiger partial charge in [-0.25, -0.2) is 4.39 Å². The predicted octanol–water partition coefficient (Wildman–Crippen LogP) is 4.95. The Morgan fingerprint density at radius 3 is 2.62 bits per heavy atom. The molecule has 0 fully saturated rings. The quantitative estimate of drug-likeness (QED) is 0.795. The summed E-state index contributed by atoms with van der Waals surface area (Å²) in [6.07, 6.45) is 0.788. The molecular formula is C16H17ClFNO2. The summed E-state index contributed by atoms with van der Waals surface area (Å²) in [6, 6.07) is 7.91. The molecule has 112 valence electrons. The van der Waals surface area contributed by atoms with E-state index >= 15 is 0 Å². The van der Waals surface area contributed by atoms with Gasteiger partial charge in [-0.1, -0.05) is 18.5 Å². The van der Waals surface area contributed by atoms with Crippen LogP contribution in [0, 0.1) is 12.7 Å². The van der Waals surface area contributed by atoms with Crippen LogP contribution in [0.3, 0.4) is 0 Å². The molecule has 0 heterocycles. The SMILES string of the molecule is CCCOc1cc(Oc2ccc(Cl)c(C)c2)c(N)cc1F. The molecule has 2 N–H and O–H groups in total. The van der Waals surface area contributed by atoms with E-state index in [1.807, 2.05) is 13.8 Å². The molecule has 5 heteroatoms. The third-order valence-electron chi connectivity index (χ3n) is 2.88. The van der Waals surface area contributed by atoms with Crippen LogP contribution in [0.2, 0.25) is 5.02 Å². The topological polar surface area (TPSA) is 44.5 Å². The molecule has 2 rings (SSSR count). The van der Waals surface area contributed by atoms with Gasteiger partial charge in [0, 0.05) is 17.2 Å². The molecule has 0 amide bonds. The van der Waals surface area contributed by atoms with E-state index in [-0.39, 0.29) is 11.4 Å². The average Bonchev–Trinajstić information content (AvgIpc) is 2.44. The first-order valence-corrected chi connectivity index (χ1v) is 7.05. The number of rotatable bonds is 5. The van der Waals surface area contributed by atoms with Gasteiger partial charge in [0.25, 0.3) is 0 Å². The van der Waals surface area contributed by atoms with Crippen LogP contribution in [0.15, 0.2) is 30.3 Å². The van der Waals surface area contributed by atoms with Gasteiger partial charge < -0.3 is 15.2 Å². The molecule has 0 aliphatic heterocycles. The summed E-state index contributed by atoms with van der Waals surface area (Å²) in [7, 11) is 0. The Morgan fingerprint density at radius 1 is 1.19 bits per heavy atom. The molecule has 0 aromatic heterocycles. The van der Waals surface area contributed by atoms with E-state index in [1.54, 1.807) is 18.2 Å². The Bertz CT molecular complexity index is 646. The Balaban J connectivity index is 2.28. The van der Waals surface area contributed by atoms with Crippen molar-refractivity contribution in [3.63, 3.8) is 0 Å². The van der Waals surface area contributed by atoms with Gasteiger partial charge in [-0.05, 0) is 37.1 Å². The predicted molar refractivity (Wildman–Crippen MR) is 82.9 cm³/mol. The molecular weight excluding hydrogens is 293 g/mol. The second kappa shape index (κ2) is 6.68. The van der Waals surface area contributed by atoms with E-state index in [0.717, 1.165) is 12.0 Å². The lowest BCUT2D eigenvalue weighted by molar-refractivity contribution is 0.300. The van der Waals surface area contributed by atoms with Crippen LogP contribution < -0.4 is 15.2 Å². The van der Waals surface area contributed by atoms with Crippen molar-refractivity contribution >= 4 is 17.3 Å². The van der Waals surface area contributed by atoms with E-state index in [4.69, 9.17) is 26.8 Å². The second-order valence-electron chi connectivity index (χ2n) is 4.68. The fraction of sp³-hybridized carbons (Fsp3) is 0.250. The van der Waals surface area contributed by atoms with Crippen LogP contribution in [0.1, 0.15) is 18.9 Å². The number of halogens is 2. The van der Waals surface area contributed by atoms with Crippen molar-refractivity contribution in [2.45, 2.75) is 20.3 Å². The summed E-state index contributed by atoms with van der Waals surface area (Å²) >= 11 is 5.97. The van der Waals surface area contributed by atoms with E-state index in [2.05, 4.69) is 0 Å². The molecule has 3 nitrogen and oxygen atoms in total. The summed E-state index contributed by atoms with van der Waals surface area (Å²) in [6.45, 7) is 4.25. The zero-order chi connectivity index (χ0) is 15.4. The highest BCUT2D eigenvalue weighted by atomic mass is 35.5. The molecule has 0 spiro atoms. The highest BCUT2D eigenvalue weighted by molar-refractivity contribution is 6.31. The minimum absolute atomic E-state index is 0.131. The molecule has 0 atom stereocenters. The highest BCUT2D eigenvalue weighted by Crippen LogP contribution is 2.34. The summed E-state index contributed by atoms with van der Waals surface area (Å²) in [4.78, 5) is 0. The van der Waals surface area contributed by atoms with Gasteiger partial charge in [0.2, 0.25) is 0 Å². The molecule has 0 aliphatic carbocycles. The minimum atomic E-state index is -0.499. The summed E-state index contributed by atoms with van der Waals surface area (Å²) < 4.78 is 24.8. The largest absolute Gasteiger partial charge is 0.490 e. The minimum Gasteiger partial charge on any atom is -0.490 e. The van der Waals surface area contributed by atoms with Crippen LogP contribution >= 0.6 is 11.6 Å². The van der Waals surface area contributed by atoms with Gasteiger partial charge in [-0.15, -0.1) is 0 Å². The van der Waals surface area contributed by atoms with Gasteiger partial charge in [-0.2, -0.15) is 0 Å². The van der Waals surface area contributed by atoms with E-state index < -0.39 is 5.82 Å². The number of ether oxygens (including phenoxy) is 2. The third kappa shape index (κ3) is 3.79. The van der Waals surface area contributed by atoms with Crippen LogP contribution in [-0.4, -0.2) is 6.61 Å². The standard InChI is InChI=1S/C16H17ClFNO2/c1-3-6-20-15-9-16(14(19)8-13(15)18)21-11-4-5-12(17)10(2)7-11/h4-5,7-9H,3,6,19H2,1-2H3. The summed E-state index contributed by atoms with van der Waals surface area (Å²) in [5.74, 6) is 0.563. The molecule has 21 heavy (non-hydrogen) atoms. The molecule has 2 aromatic carbocycles. The zero-order valence-electron chi connectivity index (χ0n) is 12.0. The van der Waals surface area contributed by atoms with Crippen molar-refractivity contribution in [3.8, 4) is 17.2 Å². The lowest BCUT2D eigenvalue weighted by Crippen LogP contribution is -2.00. The third-order valence-corrected chi connectivity index (χ3v) is 3.31. The number of hydrogen-bond acceptors (Lipinski definition) is 3. The first-order chi connectivity index (χ1) is 10.0. The lowest BCUT2D eigenvalue weighted by Gasteiger charge is -2.13. The highest BCUT2D eigenvalue weighted by Gasteiger charge is 2.11. The molecule has 0 saturated carbocycles. The fourth-order valence-electron chi connectivity index (χ4n) is 1.77. The first kappa shape index (κ1) is 15.4. The molecule has 0 radical (unpaired) electrons. The Morgan fingerprint density at radius 2 is 1.95 bits per heavy atom. The van der Waals surface area contributed by atoms with E-state index in [0.29, 0.717) is 23.1 Å². The fourth-order valence-corrected chi connectivity index (χ4v) is 1.89. The normalized spacial score (nSPS) is 10.5. The van der Waals surface area contributed by atoms with Crippen LogP contribution in [0.4, 0.5) is 10.1 Å². The molecule has 2 aromatic rings. The van der Waals surface area contributed by atoms with Crippen molar-refractivity contribution in [1.29, 1.82) is 0 Å². The van der Waals surface area contributed by atoms with Crippen LogP contribution in [0.5, 0.6) is 17.2 Å². The second-order valence-corrected chi connectivity index (χ2v) is 5.09. The van der Waals surface area contributed by atoms with E-state index in [9.17, 15) is 4.39 Å². The maximum absolute atomic E-state index is 13.7. The number of hydrogen-bond donors (Lipinski definition) is 1. The summed E-state index contributed by atoms with van der Waals surface area (Å²) in [5, 5.41) is 0.654. The van der Waals surface area contributed by atoms with Gasteiger partial charge in [-0.3, -0.25) is 0 Å². The van der Waals surface area contributed by atoms with E-state index in [1.165, 1.54) is 12.1 Å². The average molecular weight is 310 g/mol. The van der Waals surface area contributed by atoms with Crippen LogP contribution in [0.25, 0.3) is 0 Å². The smallest absolute Gasteiger partial charge is 0.167 e. The number of benzene rings is 2. The molecule has 0 saturated heterocycles. The zero-order valence-corrected chi connectivity index (χ0v) is 12.7. The lowest BCUT2D eigenvalue weighted by atomic mass is 10.2.